The number of methoxy groups -OCH3 is 1. The van der Waals surface area contributed by atoms with Crippen molar-refractivity contribution in [3.8, 4) is 0 Å². The molecule has 0 atom stereocenters. The molecule has 0 spiro atoms. The van der Waals surface area contributed by atoms with Crippen LogP contribution in [0.5, 0.6) is 0 Å². The van der Waals surface area contributed by atoms with Gasteiger partial charge in [0.15, 0.2) is 0 Å². The maximum absolute atomic E-state index is 13.8. The van der Waals surface area contributed by atoms with Crippen LogP contribution in [0.3, 0.4) is 0 Å². The Hall–Kier alpha value is -2.94. The van der Waals surface area contributed by atoms with Crippen LogP contribution in [0.1, 0.15) is 36.2 Å². The Morgan fingerprint density at radius 2 is 1.87 bits per heavy atom. The van der Waals surface area contributed by atoms with E-state index in [1.165, 1.54) is 43.2 Å². The van der Waals surface area contributed by atoms with E-state index in [-0.39, 0.29) is 40.9 Å². The molecule has 2 aromatic rings. The Balaban J connectivity index is 2.24. The summed E-state index contributed by atoms with van der Waals surface area (Å²) >= 11 is 0. The maximum atomic E-state index is 13.8. The van der Waals surface area contributed by atoms with Crippen molar-refractivity contribution in [2.75, 3.05) is 24.9 Å². The fourth-order valence-electron chi connectivity index (χ4n) is 2.90. The van der Waals surface area contributed by atoms with Crippen molar-refractivity contribution in [3.05, 3.63) is 59.4 Å². The summed E-state index contributed by atoms with van der Waals surface area (Å²) in [7, 11) is -2.75. The maximum Gasteiger partial charge on any atom is 0.307 e. The number of anilines is 1. The highest BCUT2D eigenvalue weighted by Gasteiger charge is 2.20. The SMILES string of the molecule is COC(=O)CCN(CC(C)C)C(=O)c1cccc(NS(=O)(=O)c2ccc(C)c(F)c2)c1. The van der Waals surface area contributed by atoms with E-state index < -0.39 is 21.8 Å². The molecule has 0 saturated heterocycles. The van der Waals surface area contributed by atoms with Gasteiger partial charge in [0.05, 0.1) is 18.4 Å². The Bertz CT molecular complexity index is 1050. The molecule has 0 radical (unpaired) electrons. The van der Waals surface area contributed by atoms with Gasteiger partial charge in [-0.25, -0.2) is 12.8 Å². The fourth-order valence-corrected chi connectivity index (χ4v) is 3.96. The molecular weight excluding hydrogens is 423 g/mol. The first kappa shape index (κ1) is 24.3. The summed E-state index contributed by atoms with van der Waals surface area (Å²) in [6.07, 6.45) is 0.0558. The quantitative estimate of drug-likeness (QED) is 0.590. The van der Waals surface area contributed by atoms with Crippen LogP contribution in [0.25, 0.3) is 0 Å². The minimum atomic E-state index is -4.04. The van der Waals surface area contributed by atoms with Gasteiger partial charge in [0.25, 0.3) is 15.9 Å². The van der Waals surface area contributed by atoms with Crippen molar-refractivity contribution in [2.45, 2.75) is 32.1 Å². The number of nitrogens with one attached hydrogen (secondary N) is 1. The van der Waals surface area contributed by atoms with Crippen molar-refractivity contribution >= 4 is 27.6 Å². The van der Waals surface area contributed by atoms with Gasteiger partial charge in [-0.2, -0.15) is 0 Å². The normalized spacial score (nSPS) is 11.3. The van der Waals surface area contributed by atoms with Crippen LogP contribution in [0.15, 0.2) is 47.4 Å². The lowest BCUT2D eigenvalue weighted by Gasteiger charge is -2.24. The van der Waals surface area contributed by atoms with Gasteiger partial charge in [0, 0.05) is 24.3 Å². The summed E-state index contributed by atoms with van der Waals surface area (Å²) in [6.45, 7) is 6.04. The van der Waals surface area contributed by atoms with Crippen LogP contribution in [-0.4, -0.2) is 45.4 Å². The number of sulfonamides is 1. The molecule has 0 aliphatic carbocycles. The minimum absolute atomic E-state index is 0.0558. The van der Waals surface area contributed by atoms with Crippen LogP contribution in [0.2, 0.25) is 0 Å². The first-order valence-electron chi connectivity index (χ1n) is 9.78. The molecule has 1 amide bonds. The first-order chi connectivity index (χ1) is 14.5. The summed E-state index contributed by atoms with van der Waals surface area (Å²) in [5.74, 6) is -1.21. The number of amides is 1. The molecular formula is C22H27FN2O5S. The third kappa shape index (κ3) is 6.78. The molecule has 9 heteroatoms. The minimum Gasteiger partial charge on any atom is -0.469 e. The zero-order chi connectivity index (χ0) is 23.2. The van der Waals surface area contributed by atoms with Crippen LogP contribution >= 0.6 is 0 Å². The second kappa shape index (κ2) is 10.4. The van der Waals surface area contributed by atoms with E-state index in [0.29, 0.717) is 12.1 Å². The van der Waals surface area contributed by atoms with E-state index in [0.717, 1.165) is 6.07 Å². The second-order valence-corrected chi connectivity index (χ2v) is 9.25. The number of rotatable bonds is 9. The van der Waals surface area contributed by atoms with Crippen molar-refractivity contribution in [1.29, 1.82) is 0 Å². The highest BCUT2D eigenvalue weighted by molar-refractivity contribution is 7.92. The molecule has 7 nitrogen and oxygen atoms in total. The number of halogens is 1. The van der Waals surface area contributed by atoms with Gasteiger partial charge in [-0.05, 0) is 48.7 Å². The number of hydrogen-bond acceptors (Lipinski definition) is 5. The predicted molar refractivity (Wildman–Crippen MR) is 116 cm³/mol. The van der Waals surface area contributed by atoms with Gasteiger partial charge in [-0.3, -0.25) is 14.3 Å². The molecule has 31 heavy (non-hydrogen) atoms. The molecule has 0 aliphatic rings. The van der Waals surface area contributed by atoms with Crippen LogP contribution in [0, 0.1) is 18.7 Å². The highest BCUT2D eigenvalue weighted by Crippen LogP contribution is 2.20. The van der Waals surface area contributed by atoms with Gasteiger partial charge < -0.3 is 9.64 Å². The van der Waals surface area contributed by atoms with Gasteiger partial charge in [-0.1, -0.05) is 26.0 Å². The fraction of sp³-hybridized carbons (Fsp3) is 0.364. The molecule has 0 unspecified atom stereocenters. The molecule has 0 heterocycles. The lowest BCUT2D eigenvalue weighted by molar-refractivity contribution is -0.140. The summed E-state index contributed by atoms with van der Waals surface area (Å²) in [4.78, 5) is 25.8. The van der Waals surface area contributed by atoms with Gasteiger partial charge in [-0.15, -0.1) is 0 Å². The van der Waals surface area contributed by atoms with E-state index in [2.05, 4.69) is 9.46 Å². The van der Waals surface area contributed by atoms with E-state index in [9.17, 15) is 22.4 Å². The van der Waals surface area contributed by atoms with Crippen LogP contribution < -0.4 is 4.72 Å². The number of esters is 1. The van der Waals surface area contributed by atoms with E-state index in [1.807, 2.05) is 13.8 Å². The largest absolute Gasteiger partial charge is 0.469 e. The smallest absolute Gasteiger partial charge is 0.307 e. The molecule has 168 valence electrons. The van der Waals surface area contributed by atoms with Crippen LogP contribution in [-0.2, 0) is 19.6 Å². The van der Waals surface area contributed by atoms with E-state index in [1.54, 1.807) is 12.1 Å². The molecule has 0 saturated carbocycles. The topological polar surface area (TPSA) is 92.8 Å². The summed E-state index contributed by atoms with van der Waals surface area (Å²) in [5.41, 5.74) is 0.772. The number of carbonyl (C=O) groups is 2. The van der Waals surface area contributed by atoms with Crippen LogP contribution in [0.4, 0.5) is 10.1 Å². The van der Waals surface area contributed by atoms with E-state index in [4.69, 9.17) is 0 Å². The van der Waals surface area contributed by atoms with Crippen molar-refractivity contribution < 1.29 is 27.1 Å². The molecule has 0 fully saturated rings. The number of nitrogens with zero attached hydrogens (tertiary/aromatic N) is 1. The molecule has 2 aromatic carbocycles. The zero-order valence-corrected chi connectivity index (χ0v) is 18.8. The van der Waals surface area contributed by atoms with Crippen molar-refractivity contribution in [2.24, 2.45) is 5.92 Å². The monoisotopic (exact) mass is 450 g/mol. The third-order valence-electron chi connectivity index (χ3n) is 4.50. The summed E-state index contributed by atoms with van der Waals surface area (Å²) < 4.78 is 46.0. The van der Waals surface area contributed by atoms with Gasteiger partial charge in [0.1, 0.15) is 5.82 Å². The summed E-state index contributed by atoms with van der Waals surface area (Å²) in [6, 6.07) is 9.67. The average Bonchev–Trinajstić information content (AvgIpc) is 2.71. The third-order valence-corrected chi connectivity index (χ3v) is 5.88. The average molecular weight is 451 g/mol. The lowest BCUT2D eigenvalue weighted by Crippen LogP contribution is -2.36. The number of benzene rings is 2. The number of hydrogen-bond donors (Lipinski definition) is 1. The number of ether oxygens (including phenoxy) is 1. The predicted octanol–water partition coefficient (Wildman–Crippen LogP) is 3.60. The second-order valence-electron chi connectivity index (χ2n) is 7.57. The first-order valence-corrected chi connectivity index (χ1v) is 11.3. The Morgan fingerprint density at radius 1 is 1.16 bits per heavy atom. The zero-order valence-electron chi connectivity index (χ0n) is 18.0. The Kier molecular flexibility index (Phi) is 8.15. The molecule has 0 aromatic heterocycles. The molecule has 0 aliphatic heterocycles. The number of aryl methyl sites for hydroxylation is 1. The van der Waals surface area contributed by atoms with E-state index >= 15 is 0 Å². The standard InChI is InChI=1S/C22H27FN2O5S/c1-15(2)14-25(11-10-21(26)30-4)22(27)17-6-5-7-18(12-17)24-31(28,29)19-9-8-16(3)20(23)13-19/h5-9,12-13,15,24H,10-11,14H2,1-4H3. The molecule has 1 N–H and O–H groups in total. The van der Waals surface area contributed by atoms with Gasteiger partial charge >= 0.3 is 5.97 Å². The highest BCUT2D eigenvalue weighted by atomic mass is 32.2. The molecule has 2 rings (SSSR count). The van der Waals surface area contributed by atoms with Crippen molar-refractivity contribution in [3.63, 3.8) is 0 Å². The Morgan fingerprint density at radius 3 is 2.48 bits per heavy atom. The summed E-state index contributed by atoms with van der Waals surface area (Å²) in [5, 5.41) is 0. The van der Waals surface area contributed by atoms with Gasteiger partial charge in [0.2, 0.25) is 0 Å². The lowest BCUT2D eigenvalue weighted by atomic mass is 10.1. The van der Waals surface area contributed by atoms with Crippen molar-refractivity contribution in [1.82, 2.24) is 4.90 Å². The Labute approximate surface area is 182 Å². The number of carbonyl (C=O) groups excluding carboxylic acids is 2. The molecule has 0 bridgehead atoms.